The maximum absolute atomic E-state index is 4.54. The van der Waals surface area contributed by atoms with Crippen LogP contribution in [-0.4, -0.2) is 14.8 Å². The van der Waals surface area contributed by atoms with Crippen LogP contribution >= 0.6 is 0 Å². The molecule has 3 aromatic rings. The van der Waals surface area contributed by atoms with Gasteiger partial charge >= 0.3 is 0 Å². The summed E-state index contributed by atoms with van der Waals surface area (Å²) in [5.74, 6) is 0. The van der Waals surface area contributed by atoms with Crippen LogP contribution in [0.25, 0.3) is 16.9 Å². The average molecular weight is 248 g/mol. The second-order valence-corrected chi connectivity index (χ2v) is 4.50. The van der Waals surface area contributed by atoms with Crippen molar-refractivity contribution in [1.82, 2.24) is 14.8 Å². The van der Waals surface area contributed by atoms with Crippen LogP contribution in [0.5, 0.6) is 0 Å². The lowest BCUT2D eigenvalue weighted by Gasteiger charge is -2.09. The van der Waals surface area contributed by atoms with Gasteiger partial charge in [-0.05, 0) is 25.5 Å². The Kier molecular flexibility index (Phi) is 2.88. The molecule has 0 amide bonds. The van der Waals surface area contributed by atoms with Gasteiger partial charge in [-0.2, -0.15) is 5.10 Å². The van der Waals surface area contributed by atoms with Crippen LogP contribution in [0.1, 0.15) is 11.3 Å². The zero-order valence-electron chi connectivity index (χ0n) is 11.0. The molecular weight excluding hydrogens is 234 g/mol. The van der Waals surface area contributed by atoms with Crippen LogP contribution in [-0.2, 0) is 0 Å². The quantitative estimate of drug-likeness (QED) is 0.696. The first kappa shape index (κ1) is 11.7. The van der Waals surface area contributed by atoms with Gasteiger partial charge in [-0.1, -0.05) is 30.3 Å². The van der Waals surface area contributed by atoms with Gasteiger partial charge in [-0.3, -0.25) is 4.98 Å². The highest BCUT2D eigenvalue weighted by Gasteiger charge is 2.11. The van der Waals surface area contributed by atoms with Crippen molar-refractivity contribution in [1.29, 1.82) is 0 Å². The van der Waals surface area contributed by atoms with E-state index in [1.165, 1.54) is 0 Å². The summed E-state index contributed by atoms with van der Waals surface area (Å²) in [6.45, 7) is 4.01. The molecule has 0 saturated heterocycles. The standard InChI is InChI=1S/C16H14N3/c1-12-8-9-17-11-16(12)19-15(10-13(2)18-19)14-6-4-3-5-7-14/h3-9,11H,1-2H3. The molecule has 0 aliphatic rings. The molecule has 2 heterocycles. The largest absolute Gasteiger partial charge is 0.262 e. The summed E-state index contributed by atoms with van der Waals surface area (Å²) in [6.07, 6.45) is 3.63. The second-order valence-electron chi connectivity index (χ2n) is 4.50. The van der Waals surface area contributed by atoms with Gasteiger partial charge in [-0.25, -0.2) is 4.68 Å². The van der Waals surface area contributed by atoms with E-state index in [-0.39, 0.29) is 0 Å². The Bertz CT molecular complexity index is 699. The summed E-state index contributed by atoms with van der Waals surface area (Å²) in [5, 5.41) is 4.54. The number of rotatable bonds is 2. The molecule has 1 radical (unpaired) electrons. The van der Waals surface area contributed by atoms with E-state index in [0.717, 1.165) is 28.2 Å². The first-order chi connectivity index (χ1) is 9.25. The lowest BCUT2D eigenvalue weighted by atomic mass is 10.1. The molecule has 1 aromatic carbocycles. The third kappa shape index (κ3) is 2.15. The van der Waals surface area contributed by atoms with E-state index in [1.807, 2.05) is 42.1 Å². The van der Waals surface area contributed by atoms with Crippen molar-refractivity contribution >= 4 is 0 Å². The number of pyridine rings is 1. The highest BCUT2D eigenvalue weighted by molar-refractivity contribution is 5.62. The molecule has 93 valence electrons. The molecule has 0 atom stereocenters. The fraction of sp³-hybridized carbons (Fsp3) is 0.125. The Morgan fingerprint density at radius 1 is 1.05 bits per heavy atom. The van der Waals surface area contributed by atoms with Crippen molar-refractivity contribution in [2.75, 3.05) is 0 Å². The summed E-state index contributed by atoms with van der Waals surface area (Å²) in [4.78, 5) is 4.19. The molecule has 0 aliphatic heterocycles. The van der Waals surface area contributed by atoms with Gasteiger partial charge in [0.2, 0.25) is 0 Å². The number of hydrogen-bond donors (Lipinski definition) is 0. The van der Waals surface area contributed by atoms with Crippen LogP contribution in [0, 0.1) is 19.9 Å². The number of hydrogen-bond acceptors (Lipinski definition) is 2. The van der Waals surface area contributed by atoms with Crippen LogP contribution in [0.4, 0.5) is 0 Å². The lowest BCUT2D eigenvalue weighted by Crippen LogP contribution is -2.02. The third-order valence-electron chi connectivity index (χ3n) is 3.05. The SMILES string of the molecule is Cc1[c]c(-c2ccccc2)n(-c2cnccc2C)n1. The molecular formula is C16H14N3. The fourth-order valence-corrected chi connectivity index (χ4v) is 2.09. The Morgan fingerprint density at radius 3 is 2.58 bits per heavy atom. The number of aromatic nitrogens is 3. The predicted molar refractivity (Wildman–Crippen MR) is 75.1 cm³/mol. The molecule has 0 bridgehead atoms. The summed E-state index contributed by atoms with van der Waals surface area (Å²) < 4.78 is 1.91. The topological polar surface area (TPSA) is 30.7 Å². The Morgan fingerprint density at radius 2 is 1.84 bits per heavy atom. The highest BCUT2D eigenvalue weighted by Crippen LogP contribution is 2.24. The van der Waals surface area contributed by atoms with E-state index in [2.05, 4.69) is 35.2 Å². The molecule has 0 unspecified atom stereocenters. The van der Waals surface area contributed by atoms with E-state index in [4.69, 9.17) is 0 Å². The summed E-state index contributed by atoms with van der Waals surface area (Å²) in [6, 6.07) is 15.5. The minimum atomic E-state index is 0.877. The Hall–Kier alpha value is -2.42. The average Bonchev–Trinajstić information content (AvgIpc) is 2.82. The minimum Gasteiger partial charge on any atom is -0.262 e. The van der Waals surface area contributed by atoms with Gasteiger partial charge in [0.05, 0.1) is 23.3 Å². The van der Waals surface area contributed by atoms with Crippen molar-refractivity contribution in [2.45, 2.75) is 13.8 Å². The molecule has 0 saturated carbocycles. The normalized spacial score (nSPS) is 10.6. The fourth-order valence-electron chi connectivity index (χ4n) is 2.09. The second kappa shape index (κ2) is 4.69. The smallest absolute Gasteiger partial charge is 0.0865 e. The van der Waals surface area contributed by atoms with Crippen LogP contribution < -0.4 is 0 Å². The summed E-state index contributed by atoms with van der Waals surface area (Å²) in [7, 11) is 0. The van der Waals surface area contributed by atoms with E-state index < -0.39 is 0 Å². The molecule has 3 rings (SSSR count). The van der Waals surface area contributed by atoms with Crippen molar-refractivity contribution < 1.29 is 0 Å². The zero-order chi connectivity index (χ0) is 13.2. The van der Waals surface area contributed by atoms with E-state index >= 15 is 0 Å². The van der Waals surface area contributed by atoms with Crippen molar-refractivity contribution in [3.8, 4) is 16.9 Å². The van der Waals surface area contributed by atoms with Gasteiger partial charge in [-0.15, -0.1) is 0 Å². The molecule has 19 heavy (non-hydrogen) atoms. The van der Waals surface area contributed by atoms with Crippen molar-refractivity contribution in [2.24, 2.45) is 0 Å². The van der Waals surface area contributed by atoms with Gasteiger partial charge in [0.1, 0.15) is 0 Å². The molecule has 0 spiro atoms. The summed E-state index contributed by atoms with van der Waals surface area (Å²) >= 11 is 0. The Labute approximate surface area is 112 Å². The van der Waals surface area contributed by atoms with Crippen molar-refractivity contribution in [3.05, 3.63) is 66.1 Å². The van der Waals surface area contributed by atoms with E-state index in [0.29, 0.717) is 0 Å². The molecule has 0 fully saturated rings. The number of nitrogens with zero attached hydrogens (tertiary/aromatic N) is 3. The predicted octanol–water partition coefficient (Wildman–Crippen LogP) is 3.35. The Balaban J connectivity index is 2.21. The van der Waals surface area contributed by atoms with Gasteiger partial charge in [0.15, 0.2) is 0 Å². The number of benzene rings is 1. The summed E-state index contributed by atoms with van der Waals surface area (Å²) in [5.41, 5.74) is 5.08. The van der Waals surface area contributed by atoms with Crippen LogP contribution in [0.3, 0.4) is 0 Å². The van der Waals surface area contributed by atoms with E-state index in [9.17, 15) is 0 Å². The molecule has 3 heteroatoms. The first-order valence-electron chi connectivity index (χ1n) is 6.21. The van der Waals surface area contributed by atoms with E-state index in [1.54, 1.807) is 6.20 Å². The monoisotopic (exact) mass is 248 g/mol. The molecule has 0 N–H and O–H groups in total. The maximum Gasteiger partial charge on any atom is 0.0865 e. The maximum atomic E-state index is 4.54. The van der Waals surface area contributed by atoms with Gasteiger partial charge in [0, 0.05) is 17.8 Å². The van der Waals surface area contributed by atoms with Crippen LogP contribution in [0.15, 0.2) is 48.8 Å². The van der Waals surface area contributed by atoms with Gasteiger partial charge < -0.3 is 0 Å². The van der Waals surface area contributed by atoms with Gasteiger partial charge in [0.25, 0.3) is 0 Å². The lowest BCUT2D eigenvalue weighted by molar-refractivity contribution is 0.856. The third-order valence-corrected chi connectivity index (χ3v) is 3.05. The molecule has 3 nitrogen and oxygen atoms in total. The molecule has 2 aromatic heterocycles. The first-order valence-corrected chi connectivity index (χ1v) is 6.21. The number of aryl methyl sites for hydroxylation is 2. The van der Waals surface area contributed by atoms with Crippen LogP contribution in [0.2, 0.25) is 0 Å². The molecule has 0 aliphatic carbocycles. The van der Waals surface area contributed by atoms with Crippen molar-refractivity contribution in [3.63, 3.8) is 0 Å². The zero-order valence-corrected chi connectivity index (χ0v) is 11.0. The highest BCUT2D eigenvalue weighted by atomic mass is 15.3. The minimum absolute atomic E-state index is 0.877.